The molecule has 1 aliphatic rings. The molecule has 0 aliphatic carbocycles. The third kappa shape index (κ3) is 8.16. The summed E-state index contributed by atoms with van der Waals surface area (Å²) < 4.78 is 11.5. The molecule has 47 heavy (non-hydrogen) atoms. The van der Waals surface area contributed by atoms with Crippen molar-refractivity contribution in [3.05, 3.63) is 83.4 Å². The van der Waals surface area contributed by atoms with Gasteiger partial charge in [0.2, 0.25) is 0 Å². The summed E-state index contributed by atoms with van der Waals surface area (Å²) in [5.74, 6) is -1.73. The largest absolute Gasteiger partial charge is 0.495 e. The second-order valence-corrected chi connectivity index (χ2v) is 12.6. The molecule has 1 saturated heterocycles. The third-order valence-electron chi connectivity index (χ3n) is 7.77. The number of nitrogens with zero attached hydrogens (tertiary/aromatic N) is 2. The van der Waals surface area contributed by atoms with E-state index in [0.29, 0.717) is 17.9 Å². The summed E-state index contributed by atoms with van der Waals surface area (Å²) in [6.45, 7) is 10.4. The van der Waals surface area contributed by atoms with E-state index in [9.17, 15) is 24.0 Å². The van der Waals surface area contributed by atoms with E-state index >= 15 is 0 Å². The maximum atomic E-state index is 13.9. The highest BCUT2D eigenvalue weighted by atomic mass is 16.5. The number of carbonyl (C=O) groups is 5. The number of hydrogen-bond donors (Lipinski definition) is 2. The zero-order chi connectivity index (χ0) is 34.5. The fraction of sp³-hybridized carbons (Fsp3) is 0.361. The molecule has 5 amide bonds. The Morgan fingerprint density at radius 3 is 2.19 bits per heavy atom. The highest BCUT2D eigenvalue weighted by molar-refractivity contribution is 6.19. The second-order valence-electron chi connectivity index (χ2n) is 12.6. The monoisotopic (exact) mass is 642 g/mol. The Hall–Kier alpha value is -5.19. The van der Waals surface area contributed by atoms with Crippen LogP contribution in [-0.4, -0.2) is 65.1 Å². The first-order chi connectivity index (χ1) is 22.2. The van der Waals surface area contributed by atoms with Crippen molar-refractivity contribution in [3.8, 4) is 11.5 Å². The van der Waals surface area contributed by atoms with Crippen molar-refractivity contribution in [2.75, 3.05) is 24.3 Å². The molecule has 2 atom stereocenters. The van der Waals surface area contributed by atoms with Crippen molar-refractivity contribution in [3.63, 3.8) is 0 Å². The van der Waals surface area contributed by atoms with E-state index < -0.39 is 47.1 Å². The Labute approximate surface area is 275 Å². The molecule has 2 N–H and O–H groups in total. The Balaban J connectivity index is 1.57. The molecule has 1 aliphatic heterocycles. The summed E-state index contributed by atoms with van der Waals surface area (Å²) in [4.78, 5) is 69.6. The molecule has 0 radical (unpaired) electrons. The number of anilines is 2. The van der Waals surface area contributed by atoms with Crippen LogP contribution in [0.1, 0.15) is 50.8 Å². The van der Waals surface area contributed by atoms with Crippen molar-refractivity contribution in [2.24, 2.45) is 5.41 Å². The van der Waals surface area contributed by atoms with Crippen LogP contribution in [0.2, 0.25) is 0 Å². The molecule has 4 rings (SSSR count). The summed E-state index contributed by atoms with van der Waals surface area (Å²) in [6, 6.07) is 17.0. The number of ketones is 1. The van der Waals surface area contributed by atoms with Gasteiger partial charge in [0.1, 0.15) is 18.0 Å². The summed E-state index contributed by atoms with van der Waals surface area (Å²) in [5.41, 5.74) is 2.17. The number of Topliss-reactive ketones (excluding diaryl/α,β-unsaturated/α-hetero) is 1. The fourth-order valence-electron chi connectivity index (χ4n) is 5.23. The molecule has 3 aromatic rings. The molecule has 2 unspecified atom stereocenters. The number of aryl methyl sites for hydroxylation is 2. The minimum absolute atomic E-state index is 0.130. The number of methoxy groups -OCH3 is 1. The van der Waals surface area contributed by atoms with Gasteiger partial charge in [0.25, 0.3) is 17.7 Å². The number of imide groups is 1. The number of benzene rings is 3. The van der Waals surface area contributed by atoms with Crippen LogP contribution in [-0.2, 0) is 25.7 Å². The molecule has 3 aromatic carbocycles. The number of rotatable bonds is 12. The van der Waals surface area contributed by atoms with Gasteiger partial charge in [-0.3, -0.25) is 19.2 Å². The quantitative estimate of drug-likeness (QED) is 0.197. The average molecular weight is 643 g/mol. The lowest BCUT2D eigenvalue weighted by Gasteiger charge is -2.29. The lowest BCUT2D eigenvalue weighted by atomic mass is 9.85. The van der Waals surface area contributed by atoms with Gasteiger partial charge in [0, 0.05) is 17.6 Å². The predicted molar refractivity (Wildman–Crippen MR) is 178 cm³/mol. The smallest absolute Gasteiger partial charge is 0.328 e. The molecule has 0 spiro atoms. The number of amides is 5. The molecule has 11 nitrogen and oxygen atoms in total. The van der Waals surface area contributed by atoms with Crippen molar-refractivity contribution < 1.29 is 33.4 Å². The van der Waals surface area contributed by atoms with Gasteiger partial charge in [-0.15, -0.1) is 0 Å². The van der Waals surface area contributed by atoms with E-state index in [1.165, 1.54) is 18.1 Å². The van der Waals surface area contributed by atoms with E-state index in [4.69, 9.17) is 9.47 Å². The highest BCUT2D eigenvalue weighted by Gasteiger charge is 2.49. The van der Waals surface area contributed by atoms with Crippen LogP contribution in [0.15, 0.2) is 66.7 Å². The average Bonchev–Trinajstić information content (AvgIpc) is 3.28. The van der Waals surface area contributed by atoms with Crippen LogP contribution in [0, 0.1) is 19.3 Å². The topological polar surface area (TPSA) is 134 Å². The lowest BCUT2D eigenvalue weighted by molar-refractivity contribution is -0.143. The predicted octanol–water partition coefficient (Wildman–Crippen LogP) is 5.49. The molecule has 1 fully saturated rings. The van der Waals surface area contributed by atoms with E-state index in [-0.39, 0.29) is 24.5 Å². The normalized spacial score (nSPS) is 14.4. The number of hydrogen-bond acceptors (Lipinski definition) is 7. The maximum absolute atomic E-state index is 13.9. The second kappa shape index (κ2) is 14.5. The number of urea groups is 1. The Morgan fingerprint density at radius 1 is 0.894 bits per heavy atom. The van der Waals surface area contributed by atoms with Crippen molar-refractivity contribution in [1.82, 2.24) is 9.80 Å². The van der Waals surface area contributed by atoms with Crippen molar-refractivity contribution in [1.29, 1.82) is 0 Å². The van der Waals surface area contributed by atoms with Gasteiger partial charge in [-0.05, 0) is 55.7 Å². The SMILES string of the molecule is CCC(Oc1ccc(C)cc1C)C(=O)Nc1ccc(OC)c(NC(=O)C(C(=O)C(C)(C)C)N2C(=O)CN(Cc3ccccc3)C2=O)c1. The summed E-state index contributed by atoms with van der Waals surface area (Å²) in [5, 5.41) is 5.49. The Morgan fingerprint density at radius 2 is 1.57 bits per heavy atom. The van der Waals surface area contributed by atoms with Crippen LogP contribution in [0.3, 0.4) is 0 Å². The van der Waals surface area contributed by atoms with Gasteiger partial charge < -0.3 is 25.0 Å². The standard InChI is InChI=1S/C36H42N4O7/c1-8-27(47-28-16-14-22(2)18-23(28)3)33(43)37-25-15-17-29(46-7)26(19-25)38-34(44)31(32(42)36(4,5)6)40-30(41)21-39(35(40)45)20-24-12-10-9-11-13-24/h9-19,27,31H,8,20-21H2,1-7H3,(H,37,43)(H,38,44). The van der Waals surface area contributed by atoms with E-state index in [0.717, 1.165) is 21.6 Å². The number of carbonyl (C=O) groups excluding carboxylic acids is 5. The molecule has 0 bridgehead atoms. The lowest BCUT2D eigenvalue weighted by Crippen LogP contribution is -2.55. The molecule has 248 valence electrons. The summed E-state index contributed by atoms with van der Waals surface area (Å²) in [7, 11) is 1.40. The molecular formula is C36H42N4O7. The molecule has 0 aromatic heterocycles. The van der Waals surface area contributed by atoms with Crippen molar-refractivity contribution in [2.45, 2.75) is 66.7 Å². The zero-order valence-electron chi connectivity index (χ0n) is 27.9. The van der Waals surface area contributed by atoms with Gasteiger partial charge >= 0.3 is 6.03 Å². The first kappa shape index (κ1) is 34.7. The highest BCUT2D eigenvalue weighted by Crippen LogP contribution is 2.31. The maximum Gasteiger partial charge on any atom is 0.328 e. The fourth-order valence-corrected chi connectivity index (χ4v) is 5.23. The molecular weight excluding hydrogens is 600 g/mol. The van der Waals surface area contributed by atoms with E-state index in [2.05, 4.69) is 10.6 Å². The van der Waals surface area contributed by atoms with E-state index in [1.807, 2.05) is 69.3 Å². The first-order valence-corrected chi connectivity index (χ1v) is 15.5. The first-order valence-electron chi connectivity index (χ1n) is 15.5. The van der Waals surface area contributed by atoms with E-state index in [1.54, 1.807) is 32.9 Å². The summed E-state index contributed by atoms with van der Waals surface area (Å²) in [6.07, 6.45) is -0.398. The zero-order valence-corrected chi connectivity index (χ0v) is 27.9. The van der Waals surface area contributed by atoms with Gasteiger partial charge in [-0.1, -0.05) is 75.7 Å². The Bertz CT molecular complexity index is 1670. The minimum Gasteiger partial charge on any atom is -0.495 e. The number of nitrogens with one attached hydrogen (secondary N) is 2. The number of ether oxygens (including phenoxy) is 2. The van der Waals surface area contributed by atoms with Crippen molar-refractivity contribution >= 4 is 40.9 Å². The molecule has 11 heteroatoms. The van der Waals surface area contributed by atoms with Crippen LogP contribution in [0.25, 0.3) is 0 Å². The van der Waals surface area contributed by atoms with Crippen LogP contribution < -0.4 is 20.1 Å². The van der Waals surface area contributed by atoms with Crippen LogP contribution in [0.5, 0.6) is 11.5 Å². The van der Waals surface area contributed by atoms with Gasteiger partial charge in [-0.2, -0.15) is 0 Å². The molecule has 0 saturated carbocycles. The Kier molecular flexibility index (Phi) is 10.7. The van der Waals surface area contributed by atoms with Crippen LogP contribution >= 0.6 is 0 Å². The molecule has 1 heterocycles. The minimum atomic E-state index is -1.74. The summed E-state index contributed by atoms with van der Waals surface area (Å²) >= 11 is 0. The van der Waals surface area contributed by atoms with Crippen LogP contribution in [0.4, 0.5) is 16.2 Å². The van der Waals surface area contributed by atoms with Gasteiger partial charge in [0.15, 0.2) is 17.9 Å². The van der Waals surface area contributed by atoms with Gasteiger partial charge in [0.05, 0.1) is 12.8 Å². The third-order valence-corrected chi connectivity index (χ3v) is 7.77. The van der Waals surface area contributed by atoms with Gasteiger partial charge in [-0.25, -0.2) is 9.69 Å².